The Balaban J connectivity index is 2.06. The smallest absolute Gasteiger partial charge is 0.307 e. The van der Waals surface area contributed by atoms with Crippen molar-refractivity contribution >= 4 is 23.5 Å². The summed E-state index contributed by atoms with van der Waals surface area (Å²) in [4.78, 5) is 38.9. The van der Waals surface area contributed by atoms with Crippen molar-refractivity contribution in [1.29, 1.82) is 10.7 Å². The Hall–Kier alpha value is -4.59. The van der Waals surface area contributed by atoms with Crippen molar-refractivity contribution in [3.63, 3.8) is 0 Å². The summed E-state index contributed by atoms with van der Waals surface area (Å²) in [5, 5.41) is 27.1. The number of nitrogens with two attached hydrogens (primary N) is 1. The van der Waals surface area contributed by atoms with Gasteiger partial charge in [-0.25, -0.2) is 0 Å². The Morgan fingerprint density at radius 3 is 2.38 bits per heavy atom. The minimum Gasteiger partial charge on any atom is -0.494 e. The maximum absolute atomic E-state index is 13.6. The van der Waals surface area contributed by atoms with E-state index in [1.807, 2.05) is 26.8 Å². The highest BCUT2D eigenvalue weighted by molar-refractivity contribution is 6.09. The Labute approximate surface area is 226 Å². The molecule has 0 fully saturated rings. The first-order chi connectivity index (χ1) is 18.3. The molecular formula is C28H32N4O7. The van der Waals surface area contributed by atoms with Gasteiger partial charge in [0.05, 0.1) is 26.7 Å². The zero-order valence-corrected chi connectivity index (χ0v) is 22.6. The zero-order chi connectivity index (χ0) is 29.1. The number of primary amides is 1. The van der Waals surface area contributed by atoms with E-state index in [1.54, 1.807) is 13.0 Å². The van der Waals surface area contributed by atoms with Crippen LogP contribution >= 0.6 is 0 Å². The van der Waals surface area contributed by atoms with Gasteiger partial charge in [0.15, 0.2) is 23.9 Å². The molecule has 1 aliphatic rings. The van der Waals surface area contributed by atoms with E-state index in [9.17, 15) is 19.5 Å². The number of amides is 1. The number of Topliss-reactive ketones (excluding diaryl/α,β-unsaturated/α-hetero) is 1. The van der Waals surface area contributed by atoms with Crippen molar-refractivity contribution in [2.45, 2.75) is 45.6 Å². The lowest BCUT2D eigenvalue weighted by Crippen LogP contribution is -2.39. The lowest BCUT2D eigenvalue weighted by Gasteiger charge is -2.26. The fraction of sp³-hybridized carbons (Fsp3) is 0.393. The molecule has 1 amide bonds. The molecule has 0 spiro atoms. The molecule has 1 heterocycles. The lowest BCUT2D eigenvalue weighted by molar-refractivity contribution is -0.136. The normalized spacial score (nSPS) is 14.4. The average Bonchev–Trinajstić information content (AvgIpc) is 3.11. The van der Waals surface area contributed by atoms with Crippen LogP contribution in [0.1, 0.15) is 66.3 Å². The van der Waals surface area contributed by atoms with Crippen molar-refractivity contribution < 1.29 is 33.7 Å². The predicted molar refractivity (Wildman–Crippen MR) is 142 cm³/mol. The van der Waals surface area contributed by atoms with Crippen LogP contribution in [0.3, 0.4) is 0 Å². The van der Waals surface area contributed by atoms with Crippen molar-refractivity contribution in [2.75, 3.05) is 26.9 Å². The minimum absolute atomic E-state index is 0.137. The third-order valence-electron chi connectivity index (χ3n) is 6.29. The Morgan fingerprint density at radius 2 is 1.85 bits per heavy atom. The quantitative estimate of drug-likeness (QED) is 0.364. The van der Waals surface area contributed by atoms with Crippen LogP contribution < -0.4 is 19.9 Å². The number of ketones is 1. The molecule has 0 saturated heterocycles. The van der Waals surface area contributed by atoms with Gasteiger partial charge in [0, 0.05) is 22.3 Å². The molecule has 39 heavy (non-hydrogen) atoms. The monoisotopic (exact) mass is 536 g/mol. The Morgan fingerprint density at radius 1 is 1.15 bits per heavy atom. The first-order valence-corrected chi connectivity index (χ1v) is 12.3. The first kappa shape index (κ1) is 29.0. The molecule has 0 radical (unpaired) electrons. The Bertz CT molecular complexity index is 1370. The summed E-state index contributed by atoms with van der Waals surface area (Å²) < 4.78 is 16.7. The van der Waals surface area contributed by atoms with Crippen molar-refractivity contribution in [3.8, 4) is 23.3 Å². The second-order valence-corrected chi connectivity index (χ2v) is 10.0. The number of carbonyl (C=O) groups is 3. The number of fused-ring (bicyclic) bond motifs is 1. The van der Waals surface area contributed by atoms with Gasteiger partial charge < -0.3 is 30.0 Å². The Kier molecular flexibility index (Phi) is 8.49. The van der Waals surface area contributed by atoms with Gasteiger partial charge in [0.1, 0.15) is 23.7 Å². The minimum atomic E-state index is -1.14. The highest BCUT2D eigenvalue weighted by Crippen LogP contribution is 2.41. The van der Waals surface area contributed by atoms with Gasteiger partial charge in [0.25, 0.3) is 0 Å². The molecule has 0 aromatic heterocycles. The van der Waals surface area contributed by atoms with Crippen LogP contribution in [-0.4, -0.2) is 60.4 Å². The van der Waals surface area contributed by atoms with E-state index in [2.05, 4.69) is 0 Å². The first-order valence-electron chi connectivity index (χ1n) is 12.3. The molecule has 206 valence electrons. The van der Waals surface area contributed by atoms with Crippen LogP contribution in [0.2, 0.25) is 0 Å². The molecular weight excluding hydrogens is 504 g/mol. The lowest BCUT2D eigenvalue weighted by atomic mass is 9.84. The van der Waals surface area contributed by atoms with E-state index < -0.39 is 29.1 Å². The van der Waals surface area contributed by atoms with Gasteiger partial charge in [-0.15, -0.1) is 0 Å². The summed E-state index contributed by atoms with van der Waals surface area (Å²) in [5.74, 6) is -1.52. The number of nitrogens with zero attached hydrogens (tertiary/aromatic N) is 2. The number of ether oxygens (including phenoxy) is 3. The van der Waals surface area contributed by atoms with Gasteiger partial charge in [0.2, 0.25) is 5.91 Å². The molecule has 1 unspecified atom stereocenters. The third-order valence-corrected chi connectivity index (χ3v) is 6.29. The average molecular weight is 537 g/mol. The van der Waals surface area contributed by atoms with E-state index >= 15 is 0 Å². The molecule has 0 aliphatic carbocycles. The summed E-state index contributed by atoms with van der Waals surface area (Å²) >= 11 is 0. The fourth-order valence-corrected chi connectivity index (χ4v) is 4.59. The molecule has 11 heteroatoms. The highest BCUT2D eigenvalue weighted by atomic mass is 16.5. The molecule has 0 bridgehead atoms. The number of aliphatic carboxylic acids is 1. The van der Waals surface area contributed by atoms with E-state index in [4.69, 9.17) is 30.6 Å². The molecule has 11 nitrogen and oxygen atoms in total. The van der Waals surface area contributed by atoms with Crippen LogP contribution in [0.25, 0.3) is 0 Å². The largest absolute Gasteiger partial charge is 0.494 e. The molecule has 0 saturated carbocycles. The van der Waals surface area contributed by atoms with E-state index in [0.29, 0.717) is 28.0 Å². The summed E-state index contributed by atoms with van der Waals surface area (Å²) in [6.45, 7) is 7.19. The van der Waals surface area contributed by atoms with Crippen LogP contribution in [0.5, 0.6) is 17.2 Å². The predicted octanol–water partition coefficient (Wildman–Crippen LogP) is 2.97. The second kappa shape index (κ2) is 11.4. The van der Waals surface area contributed by atoms with Crippen LogP contribution in [0, 0.1) is 16.7 Å². The number of hydrogen-bond donors (Lipinski definition) is 3. The molecule has 4 N–H and O–H groups in total. The van der Waals surface area contributed by atoms with E-state index in [-0.39, 0.29) is 49.1 Å². The number of methoxy groups -OCH3 is 1. The van der Waals surface area contributed by atoms with Crippen molar-refractivity contribution in [1.82, 2.24) is 4.90 Å². The molecule has 3 rings (SSSR count). The summed E-state index contributed by atoms with van der Waals surface area (Å²) in [5.41, 5.74) is 7.20. The van der Waals surface area contributed by atoms with Gasteiger partial charge in [-0.3, -0.25) is 19.8 Å². The summed E-state index contributed by atoms with van der Waals surface area (Å²) in [6.07, 6.45) is -0.344. The SMILES string of the molecule is CCOc1cc2c(cc1CC(=O)O)C(=N)N(CC(=O)c1cc(OCC#N)c(OC)c(C(C)(C)C)c1)C2C(N)=O. The van der Waals surface area contributed by atoms with Gasteiger partial charge in [-0.2, -0.15) is 5.26 Å². The topological polar surface area (TPSA) is 176 Å². The number of nitriles is 1. The molecule has 2 aromatic rings. The number of nitrogens with one attached hydrogen (secondary N) is 1. The molecule has 1 atom stereocenters. The maximum Gasteiger partial charge on any atom is 0.307 e. The van der Waals surface area contributed by atoms with Gasteiger partial charge in [-0.1, -0.05) is 20.8 Å². The van der Waals surface area contributed by atoms with Crippen molar-refractivity contribution in [3.05, 3.63) is 52.1 Å². The van der Waals surface area contributed by atoms with Crippen LogP contribution in [0.15, 0.2) is 24.3 Å². The number of hydrogen-bond acceptors (Lipinski definition) is 8. The highest BCUT2D eigenvalue weighted by Gasteiger charge is 2.40. The van der Waals surface area contributed by atoms with E-state index in [0.717, 1.165) is 0 Å². The van der Waals surface area contributed by atoms with Crippen LogP contribution in [0.4, 0.5) is 0 Å². The number of carboxylic acids is 1. The number of amidine groups is 1. The number of carboxylic acid groups (broad SMARTS) is 1. The van der Waals surface area contributed by atoms with Gasteiger partial charge in [-0.05, 0) is 42.2 Å². The summed E-state index contributed by atoms with van der Waals surface area (Å²) in [7, 11) is 1.47. The second-order valence-electron chi connectivity index (χ2n) is 10.0. The fourth-order valence-electron chi connectivity index (χ4n) is 4.59. The molecule has 1 aliphatic heterocycles. The number of carbonyl (C=O) groups excluding carboxylic acids is 2. The number of benzene rings is 2. The maximum atomic E-state index is 13.6. The zero-order valence-electron chi connectivity index (χ0n) is 22.6. The van der Waals surface area contributed by atoms with Crippen LogP contribution in [-0.2, 0) is 21.4 Å². The third kappa shape index (κ3) is 5.95. The van der Waals surface area contributed by atoms with Crippen molar-refractivity contribution in [2.24, 2.45) is 5.73 Å². The van der Waals surface area contributed by atoms with E-state index in [1.165, 1.54) is 30.2 Å². The molecule has 2 aromatic carbocycles. The standard InChI is InChI=1S/C28H32N4O7/c1-6-38-21-13-17-18(9-16(21)12-23(34)35)26(30)32(24(17)27(31)36)14-20(33)15-10-19(28(2,3)4)25(37-5)22(11-15)39-8-7-29/h9-11,13,24,30H,6,8,12,14H2,1-5H3,(H2,31,36)(H,34,35). The number of rotatable bonds is 11. The summed E-state index contributed by atoms with van der Waals surface area (Å²) in [6, 6.07) is 6.92. The van der Waals surface area contributed by atoms with Gasteiger partial charge >= 0.3 is 5.97 Å².